The first kappa shape index (κ1) is 19.2. The van der Waals surface area contributed by atoms with Crippen LogP contribution in [-0.2, 0) is 12.6 Å². The summed E-state index contributed by atoms with van der Waals surface area (Å²) in [6, 6.07) is 15.4. The van der Waals surface area contributed by atoms with Gasteiger partial charge in [0.1, 0.15) is 0 Å². The molecule has 5 rings (SSSR count). The van der Waals surface area contributed by atoms with Gasteiger partial charge in [-0.2, -0.15) is 0 Å². The van der Waals surface area contributed by atoms with Gasteiger partial charge in [0.2, 0.25) is 0 Å². The van der Waals surface area contributed by atoms with Crippen LogP contribution >= 0.6 is 0 Å². The van der Waals surface area contributed by atoms with Crippen molar-refractivity contribution in [1.29, 1.82) is 0 Å². The molecule has 5 nitrogen and oxygen atoms in total. The SMILES string of the molecule is Cc1ccc(N2CC(N(C)C)C2)cc1C(=O)NC1(c2cccc3ccn(C)c23)CC1. The number of aromatic nitrogens is 1. The predicted molar refractivity (Wildman–Crippen MR) is 122 cm³/mol. The number of carbonyl (C=O) groups is 1. The summed E-state index contributed by atoms with van der Waals surface area (Å²) in [4.78, 5) is 18.0. The van der Waals surface area contributed by atoms with Crippen LogP contribution in [0.15, 0.2) is 48.7 Å². The second kappa shape index (κ2) is 6.88. The molecule has 156 valence electrons. The number of anilines is 1. The number of fused-ring (bicyclic) bond motifs is 1. The maximum absolute atomic E-state index is 13.4. The smallest absolute Gasteiger partial charge is 0.252 e. The molecule has 0 atom stereocenters. The Bertz CT molecular complexity index is 1120. The van der Waals surface area contributed by atoms with Crippen LogP contribution in [0.25, 0.3) is 10.9 Å². The van der Waals surface area contributed by atoms with E-state index in [2.05, 4.69) is 89.5 Å². The van der Waals surface area contributed by atoms with Crippen LogP contribution in [0.1, 0.15) is 34.3 Å². The molecule has 1 N–H and O–H groups in total. The van der Waals surface area contributed by atoms with E-state index in [-0.39, 0.29) is 11.4 Å². The minimum atomic E-state index is -0.252. The van der Waals surface area contributed by atoms with Crippen molar-refractivity contribution in [2.75, 3.05) is 32.1 Å². The summed E-state index contributed by atoms with van der Waals surface area (Å²) in [5.41, 5.74) is 5.14. The average Bonchev–Trinajstić information content (AvgIpc) is 3.36. The second-order valence-corrected chi connectivity index (χ2v) is 9.23. The van der Waals surface area contributed by atoms with E-state index in [0.29, 0.717) is 6.04 Å². The van der Waals surface area contributed by atoms with E-state index >= 15 is 0 Å². The van der Waals surface area contributed by atoms with Crippen LogP contribution in [0, 0.1) is 6.92 Å². The fraction of sp³-hybridized carbons (Fsp3) is 0.400. The van der Waals surface area contributed by atoms with Crippen molar-refractivity contribution in [3.63, 3.8) is 0 Å². The van der Waals surface area contributed by atoms with Gasteiger partial charge in [0.05, 0.1) is 11.1 Å². The molecule has 1 aliphatic heterocycles. The van der Waals surface area contributed by atoms with Crippen molar-refractivity contribution < 1.29 is 4.79 Å². The number of carbonyl (C=O) groups excluding carboxylic acids is 1. The standard InChI is InChI=1S/C25H30N4O/c1-17-8-9-19(29-15-20(16-29)27(2)3)14-21(17)24(30)26-25(11-12-25)22-7-5-6-18-10-13-28(4)23(18)22/h5-10,13-14,20H,11-12,15-16H2,1-4H3,(H,26,30). The van der Waals surface area contributed by atoms with Gasteiger partial charge < -0.3 is 19.7 Å². The van der Waals surface area contributed by atoms with E-state index in [1.54, 1.807) is 0 Å². The van der Waals surface area contributed by atoms with E-state index in [4.69, 9.17) is 0 Å². The van der Waals surface area contributed by atoms with Gasteiger partial charge in [0.25, 0.3) is 5.91 Å². The predicted octanol–water partition coefficient (Wildman–Crippen LogP) is 3.66. The summed E-state index contributed by atoms with van der Waals surface area (Å²) in [5.74, 6) is 0.0303. The molecule has 0 radical (unpaired) electrons. The molecule has 3 aromatic rings. The maximum atomic E-state index is 13.4. The molecule has 0 spiro atoms. The third-order valence-corrected chi connectivity index (χ3v) is 6.94. The summed E-state index contributed by atoms with van der Waals surface area (Å²) < 4.78 is 2.16. The van der Waals surface area contributed by atoms with Crippen molar-refractivity contribution in [3.05, 3.63) is 65.4 Å². The molecule has 1 aromatic heterocycles. The number of aryl methyl sites for hydroxylation is 2. The Morgan fingerprint density at radius 1 is 1.13 bits per heavy atom. The average molecular weight is 403 g/mol. The molecule has 30 heavy (non-hydrogen) atoms. The van der Waals surface area contributed by atoms with Gasteiger partial charge in [0.15, 0.2) is 0 Å². The van der Waals surface area contributed by atoms with Gasteiger partial charge in [-0.05, 0) is 63.0 Å². The number of para-hydroxylation sites is 1. The van der Waals surface area contributed by atoms with Crippen LogP contribution in [0.3, 0.4) is 0 Å². The fourth-order valence-electron chi connectivity index (χ4n) is 4.66. The first-order chi connectivity index (χ1) is 14.4. The van der Waals surface area contributed by atoms with Gasteiger partial charge in [0, 0.05) is 49.2 Å². The normalized spacial score (nSPS) is 18.0. The van der Waals surface area contributed by atoms with Crippen LogP contribution in [-0.4, -0.2) is 48.6 Å². The summed E-state index contributed by atoms with van der Waals surface area (Å²) in [7, 11) is 6.32. The first-order valence-corrected chi connectivity index (χ1v) is 10.8. The molecule has 5 heteroatoms. The van der Waals surface area contributed by atoms with Gasteiger partial charge in [-0.15, -0.1) is 0 Å². The van der Waals surface area contributed by atoms with Gasteiger partial charge >= 0.3 is 0 Å². The van der Waals surface area contributed by atoms with Crippen molar-refractivity contribution in [1.82, 2.24) is 14.8 Å². The topological polar surface area (TPSA) is 40.5 Å². The third-order valence-electron chi connectivity index (χ3n) is 6.94. The van der Waals surface area contributed by atoms with Crippen LogP contribution in [0.4, 0.5) is 5.69 Å². The number of nitrogens with zero attached hydrogens (tertiary/aromatic N) is 3. The Kier molecular flexibility index (Phi) is 4.40. The molecular weight excluding hydrogens is 372 g/mol. The molecule has 2 heterocycles. The van der Waals surface area contributed by atoms with E-state index in [1.165, 1.54) is 16.5 Å². The minimum absolute atomic E-state index is 0.0303. The lowest BCUT2D eigenvalue weighted by Gasteiger charge is -2.44. The molecule has 1 saturated carbocycles. The zero-order chi connectivity index (χ0) is 21.0. The number of hydrogen-bond acceptors (Lipinski definition) is 3. The first-order valence-electron chi connectivity index (χ1n) is 10.8. The summed E-state index contributed by atoms with van der Waals surface area (Å²) >= 11 is 0. The van der Waals surface area contributed by atoms with E-state index < -0.39 is 0 Å². The zero-order valence-electron chi connectivity index (χ0n) is 18.3. The summed E-state index contributed by atoms with van der Waals surface area (Å²) in [6.07, 6.45) is 4.06. The van der Waals surface area contributed by atoms with Gasteiger partial charge in [-0.1, -0.05) is 24.3 Å². The number of nitrogens with one attached hydrogen (secondary N) is 1. The summed E-state index contributed by atoms with van der Waals surface area (Å²) in [6.45, 7) is 4.04. The molecule has 0 bridgehead atoms. The monoisotopic (exact) mass is 402 g/mol. The molecule has 1 saturated heterocycles. The van der Waals surface area contributed by atoms with Gasteiger partial charge in [-0.3, -0.25) is 4.79 Å². The quantitative estimate of drug-likeness (QED) is 0.708. The molecule has 2 aromatic carbocycles. The summed E-state index contributed by atoms with van der Waals surface area (Å²) in [5, 5.41) is 4.62. The number of benzene rings is 2. The second-order valence-electron chi connectivity index (χ2n) is 9.23. The number of hydrogen-bond donors (Lipinski definition) is 1. The van der Waals surface area contributed by atoms with Crippen molar-refractivity contribution in [2.24, 2.45) is 7.05 Å². The van der Waals surface area contributed by atoms with Crippen molar-refractivity contribution in [2.45, 2.75) is 31.3 Å². The largest absolute Gasteiger partial charge is 0.368 e. The Morgan fingerprint density at radius 2 is 1.90 bits per heavy atom. The Labute approximate surface area is 178 Å². The molecule has 2 fully saturated rings. The highest BCUT2D eigenvalue weighted by Gasteiger charge is 2.47. The number of amides is 1. The number of rotatable bonds is 5. The fourth-order valence-corrected chi connectivity index (χ4v) is 4.66. The van der Waals surface area contributed by atoms with Crippen LogP contribution in [0.2, 0.25) is 0 Å². The minimum Gasteiger partial charge on any atom is -0.368 e. The maximum Gasteiger partial charge on any atom is 0.252 e. The van der Waals surface area contributed by atoms with Crippen LogP contribution < -0.4 is 10.2 Å². The number of likely N-dealkylation sites (N-methyl/N-ethyl adjacent to an activating group) is 1. The van der Waals surface area contributed by atoms with E-state index in [1.807, 2.05) is 6.92 Å². The van der Waals surface area contributed by atoms with E-state index in [9.17, 15) is 4.79 Å². The van der Waals surface area contributed by atoms with E-state index in [0.717, 1.165) is 42.7 Å². The highest BCUT2D eigenvalue weighted by atomic mass is 16.1. The molecule has 0 unspecified atom stereocenters. The zero-order valence-corrected chi connectivity index (χ0v) is 18.3. The van der Waals surface area contributed by atoms with Crippen LogP contribution in [0.5, 0.6) is 0 Å². The lowest BCUT2D eigenvalue weighted by Crippen LogP contribution is -2.57. The Balaban J connectivity index is 1.40. The molecular formula is C25H30N4O. The molecule has 1 aliphatic carbocycles. The third kappa shape index (κ3) is 3.08. The molecule has 1 amide bonds. The Morgan fingerprint density at radius 3 is 2.60 bits per heavy atom. The van der Waals surface area contributed by atoms with Gasteiger partial charge in [-0.25, -0.2) is 0 Å². The molecule has 2 aliphatic rings. The highest BCUT2D eigenvalue weighted by Crippen LogP contribution is 2.48. The van der Waals surface area contributed by atoms with Crippen molar-refractivity contribution >= 4 is 22.5 Å². The van der Waals surface area contributed by atoms with Crippen molar-refractivity contribution in [3.8, 4) is 0 Å². The highest BCUT2D eigenvalue weighted by molar-refractivity contribution is 5.98. The lowest BCUT2D eigenvalue weighted by atomic mass is 9.99. The Hall–Kier alpha value is -2.79. The lowest BCUT2D eigenvalue weighted by molar-refractivity contribution is 0.0930.